The maximum atomic E-state index is 12.0. The van der Waals surface area contributed by atoms with Crippen LogP contribution in [0.1, 0.15) is 19.8 Å². The molecule has 98 valence electrons. The van der Waals surface area contributed by atoms with Crippen LogP contribution in [0.4, 0.5) is 5.69 Å². The van der Waals surface area contributed by atoms with Gasteiger partial charge in [0.15, 0.2) is 0 Å². The summed E-state index contributed by atoms with van der Waals surface area (Å²) >= 11 is 5.80. The van der Waals surface area contributed by atoms with Crippen LogP contribution in [-0.4, -0.2) is 18.1 Å². The monoisotopic (exact) mass is 267 g/mol. The first kappa shape index (κ1) is 14.6. The summed E-state index contributed by atoms with van der Waals surface area (Å²) in [5.74, 6) is 0.195. The number of allylic oxidation sites excluding steroid dienone is 1. The van der Waals surface area contributed by atoms with Crippen molar-refractivity contribution >= 4 is 23.2 Å². The maximum Gasteiger partial charge on any atom is 0.226 e. The fourth-order valence-corrected chi connectivity index (χ4v) is 1.84. The van der Waals surface area contributed by atoms with E-state index < -0.39 is 0 Å². The molecule has 1 unspecified atom stereocenters. The van der Waals surface area contributed by atoms with Gasteiger partial charge in [-0.25, -0.2) is 0 Å². The lowest BCUT2D eigenvalue weighted by Gasteiger charge is -2.19. The van der Waals surface area contributed by atoms with Gasteiger partial charge < -0.3 is 10.0 Å². The highest BCUT2D eigenvalue weighted by Gasteiger charge is 2.15. The number of rotatable bonds is 5. The van der Waals surface area contributed by atoms with Crippen molar-refractivity contribution in [2.24, 2.45) is 5.92 Å². The smallest absolute Gasteiger partial charge is 0.226 e. The van der Waals surface area contributed by atoms with Gasteiger partial charge in [-0.15, -0.1) is 0 Å². The Hall–Kier alpha value is -1.48. The van der Waals surface area contributed by atoms with Crippen molar-refractivity contribution in [3.05, 3.63) is 41.6 Å². The van der Waals surface area contributed by atoms with Crippen molar-refractivity contribution in [1.82, 2.24) is 0 Å². The van der Waals surface area contributed by atoms with E-state index in [1.165, 1.54) is 0 Å². The summed E-state index contributed by atoms with van der Waals surface area (Å²) in [6.07, 6.45) is 0.818. The number of halogens is 1. The fourth-order valence-electron chi connectivity index (χ4n) is 1.72. The Balaban J connectivity index is 2.61. The topological polar surface area (TPSA) is 40.5 Å². The molecule has 1 aromatic rings. The SMILES string of the molecule is C=C(O)CC(C)CC(=O)N(C)c1ccc(Cl)cc1. The second-order valence-corrected chi connectivity index (χ2v) is 4.95. The molecule has 0 aliphatic rings. The molecule has 0 heterocycles. The van der Waals surface area contributed by atoms with E-state index in [0.717, 1.165) is 5.69 Å². The molecule has 1 N–H and O–H groups in total. The normalized spacial score (nSPS) is 11.9. The molecule has 0 aliphatic heterocycles. The number of amides is 1. The van der Waals surface area contributed by atoms with Crippen molar-refractivity contribution in [1.29, 1.82) is 0 Å². The lowest BCUT2D eigenvalue weighted by Crippen LogP contribution is -2.27. The van der Waals surface area contributed by atoms with Gasteiger partial charge in [-0.3, -0.25) is 4.79 Å². The van der Waals surface area contributed by atoms with Gasteiger partial charge in [-0.1, -0.05) is 25.1 Å². The number of benzene rings is 1. The molecule has 0 aliphatic carbocycles. The van der Waals surface area contributed by atoms with Gasteiger partial charge in [0.1, 0.15) is 0 Å². The highest BCUT2D eigenvalue weighted by molar-refractivity contribution is 6.30. The Morgan fingerprint density at radius 2 is 1.94 bits per heavy atom. The number of nitrogens with zero attached hydrogens (tertiary/aromatic N) is 1. The van der Waals surface area contributed by atoms with Crippen molar-refractivity contribution in [3.8, 4) is 0 Å². The Labute approximate surface area is 113 Å². The second kappa shape index (κ2) is 6.45. The van der Waals surface area contributed by atoms with Crippen molar-refractivity contribution in [2.75, 3.05) is 11.9 Å². The molecule has 0 aromatic heterocycles. The largest absolute Gasteiger partial charge is 0.513 e. The van der Waals surface area contributed by atoms with Gasteiger partial charge in [0.05, 0.1) is 5.76 Å². The molecule has 0 saturated heterocycles. The summed E-state index contributed by atoms with van der Waals surface area (Å²) < 4.78 is 0. The van der Waals surface area contributed by atoms with Gasteiger partial charge in [0, 0.05) is 30.6 Å². The van der Waals surface area contributed by atoms with Gasteiger partial charge in [0.2, 0.25) is 5.91 Å². The summed E-state index contributed by atoms with van der Waals surface area (Å²) in [5, 5.41) is 9.73. The number of aliphatic hydroxyl groups excluding tert-OH is 1. The molecule has 18 heavy (non-hydrogen) atoms. The van der Waals surface area contributed by atoms with Crippen LogP contribution in [0.25, 0.3) is 0 Å². The molecule has 0 saturated carbocycles. The van der Waals surface area contributed by atoms with Crippen molar-refractivity contribution in [3.63, 3.8) is 0 Å². The van der Waals surface area contributed by atoms with Gasteiger partial charge in [0.25, 0.3) is 0 Å². The van der Waals surface area contributed by atoms with E-state index in [4.69, 9.17) is 16.7 Å². The van der Waals surface area contributed by atoms with Crippen LogP contribution >= 0.6 is 11.6 Å². The van der Waals surface area contributed by atoms with Crippen LogP contribution in [0, 0.1) is 5.92 Å². The zero-order valence-corrected chi connectivity index (χ0v) is 11.4. The van der Waals surface area contributed by atoms with Crippen LogP contribution in [-0.2, 0) is 4.79 Å². The molecule has 3 nitrogen and oxygen atoms in total. The average molecular weight is 268 g/mol. The molecule has 1 amide bonds. The van der Waals surface area contributed by atoms with E-state index in [1.54, 1.807) is 36.2 Å². The Bertz CT molecular complexity index is 428. The standard InChI is InChI=1S/C14H18ClNO2/c1-10(8-11(2)17)9-14(18)16(3)13-6-4-12(15)5-7-13/h4-7,10,17H,2,8-9H2,1,3H3. The number of aliphatic hydroxyl groups is 1. The Morgan fingerprint density at radius 3 is 2.44 bits per heavy atom. The fraction of sp³-hybridized carbons (Fsp3) is 0.357. The average Bonchev–Trinajstić information content (AvgIpc) is 2.27. The van der Waals surface area contributed by atoms with E-state index in [2.05, 4.69) is 6.58 Å². The first-order valence-corrected chi connectivity index (χ1v) is 6.16. The molecule has 1 rings (SSSR count). The van der Waals surface area contributed by atoms with Crippen LogP contribution in [0.5, 0.6) is 0 Å². The predicted molar refractivity (Wildman–Crippen MR) is 75.0 cm³/mol. The minimum Gasteiger partial charge on any atom is -0.513 e. The molecule has 1 atom stereocenters. The van der Waals surface area contributed by atoms with Crippen LogP contribution in [0.15, 0.2) is 36.6 Å². The maximum absolute atomic E-state index is 12.0. The minimum absolute atomic E-state index is 0.00562. The summed E-state index contributed by atoms with van der Waals surface area (Å²) in [4.78, 5) is 13.6. The lowest BCUT2D eigenvalue weighted by atomic mass is 10.0. The molecule has 0 radical (unpaired) electrons. The van der Waals surface area contributed by atoms with Crippen molar-refractivity contribution in [2.45, 2.75) is 19.8 Å². The molecule has 1 aromatic carbocycles. The number of hydrogen-bond donors (Lipinski definition) is 1. The molecule has 0 spiro atoms. The molecule has 0 bridgehead atoms. The third-order valence-electron chi connectivity index (χ3n) is 2.70. The Kier molecular flexibility index (Phi) is 5.23. The van der Waals surface area contributed by atoms with Gasteiger partial charge >= 0.3 is 0 Å². The van der Waals surface area contributed by atoms with E-state index >= 15 is 0 Å². The number of carbonyl (C=O) groups is 1. The van der Waals surface area contributed by atoms with E-state index in [1.807, 2.05) is 6.92 Å². The zero-order chi connectivity index (χ0) is 13.7. The number of hydrogen-bond acceptors (Lipinski definition) is 2. The lowest BCUT2D eigenvalue weighted by molar-refractivity contribution is -0.119. The predicted octanol–water partition coefficient (Wildman–Crippen LogP) is 3.79. The van der Waals surface area contributed by atoms with Gasteiger partial charge in [-0.2, -0.15) is 0 Å². The summed E-state index contributed by atoms with van der Waals surface area (Å²) in [7, 11) is 1.73. The third kappa shape index (κ3) is 4.41. The molecule has 4 heteroatoms. The van der Waals surface area contributed by atoms with E-state index in [9.17, 15) is 4.79 Å². The second-order valence-electron chi connectivity index (χ2n) is 4.51. The van der Waals surface area contributed by atoms with Crippen LogP contribution in [0.3, 0.4) is 0 Å². The van der Waals surface area contributed by atoms with Crippen molar-refractivity contribution < 1.29 is 9.90 Å². The summed E-state index contributed by atoms with van der Waals surface area (Å²) in [5.41, 5.74) is 0.805. The number of carbonyl (C=O) groups excluding carboxylic acids is 1. The molecular weight excluding hydrogens is 250 g/mol. The first-order chi connectivity index (χ1) is 8.40. The molecule has 0 fully saturated rings. The summed E-state index contributed by atoms with van der Waals surface area (Å²) in [6.45, 7) is 5.34. The van der Waals surface area contributed by atoms with Crippen LogP contribution < -0.4 is 4.90 Å². The highest BCUT2D eigenvalue weighted by Crippen LogP contribution is 2.19. The zero-order valence-electron chi connectivity index (χ0n) is 10.7. The van der Waals surface area contributed by atoms with E-state index in [-0.39, 0.29) is 17.6 Å². The first-order valence-electron chi connectivity index (χ1n) is 5.79. The Morgan fingerprint density at radius 1 is 1.39 bits per heavy atom. The number of anilines is 1. The quantitative estimate of drug-likeness (QED) is 0.825. The van der Waals surface area contributed by atoms with Crippen LogP contribution in [0.2, 0.25) is 5.02 Å². The molecular formula is C14H18ClNO2. The highest BCUT2D eigenvalue weighted by atomic mass is 35.5. The van der Waals surface area contributed by atoms with Gasteiger partial charge in [-0.05, 0) is 30.2 Å². The van der Waals surface area contributed by atoms with E-state index in [0.29, 0.717) is 17.9 Å². The minimum atomic E-state index is 0.00562. The summed E-state index contributed by atoms with van der Waals surface area (Å²) in [6, 6.07) is 7.10. The third-order valence-corrected chi connectivity index (χ3v) is 2.95.